The van der Waals surface area contributed by atoms with Crippen molar-refractivity contribution in [2.24, 2.45) is 12.8 Å². The Labute approximate surface area is 113 Å². The van der Waals surface area contributed by atoms with E-state index in [1.807, 2.05) is 33.9 Å². The van der Waals surface area contributed by atoms with Crippen LogP contribution in [0, 0.1) is 0 Å². The average Bonchev–Trinajstić information content (AvgIpc) is 2.83. The zero-order valence-corrected chi connectivity index (χ0v) is 12.0. The minimum Gasteiger partial charge on any atom is -0.444 e. The number of aromatic nitrogens is 2. The summed E-state index contributed by atoms with van der Waals surface area (Å²) in [6, 6.07) is 1.90. The van der Waals surface area contributed by atoms with Gasteiger partial charge < -0.3 is 15.4 Å². The first-order valence-electron chi connectivity index (χ1n) is 6.47. The predicted octanol–water partition coefficient (Wildman–Crippen LogP) is 1.21. The fourth-order valence-electron chi connectivity index (χ4n) is 2.39. The standard InChI is InChI=1S/C13H22N4O2/c1-12(2,3)19-11(18)17-8-6-13(14,9-17)10-5-7-15-16(10)4/h5,7H,6,8-9,14H2,1-4H3. The first-order chi connectivity index (χ1) is 8.71. The third-order valence-corrected chi connectivity index (χ3v) is 3.28. The molecule has 1 amide bonds. The number of nitrogens with two attached hydrogens (primary N) is 1. The van der Waals surface area contributed by atoms with Crippen molar-refractivity contribution in [3.8, 4) is 0 Å². The first kappa shape index (κ1) is 13.9. The summed E-state index contributed by atoms with van der Waals surface area (Å²) in [5.74, 6) is 0. The minimum atomic E-state index is -0.540. The molecule has 1 aromatic heterocycles. The van der Waals surface area contributed by atoms with Crippen LogP contribution in [0.3, 0.4) is 0 Å². The highest BCUT2D eigenvalue weighted by molar-refractivity contribution is 5.68. The lowest BCUT2D eigenvalue weighted by Crippen LogP contribution is -2.43. The molecule has 1 aromatic rings. The van der Waals surface area contributed by atoms with Crippen molar-refractivity contribution >= 4 is 6.09 Å². The zero-order chi connectivity index (χ0) is 14.3. The molecule has 2 heterocycles. The number of hydrogen-bond acceptors (Lipinski definition) is 4. The normalized spacial score (nSPS) is 23.7. The Bertz CT molecular complexity index is 477. The lowest BCUT2D eigenvalue weighted by atomic mass is 9.96. The molecule has 0 saturated carbocycles. The molecule has 106 valence electrons. The number of aryl methyl sites for hydroxylation is 1. The molecule has 2 N–H and O–H groups in total. The van der Waals surface area contributed by atoms with Gasteiger partial charge in [0.25, 0.3) is 0 Å². The van der Waals surface area contributed by atoms with Crippen molar-refractivity contribution in [2.75, 3.05) is 13.1 Å². The summed E-state index contributed by atoms with van der Waals surface area (Å²) in [6.45, 7) is 6.64. The highest BCUT2D eigenvalue weighted by atomic mass is 16.6. The summed E-state index contributed by atoms with van der Waals surface area (Å²) in [5, 5.41) is 4.14. The molecule has 1 fully saturated rings. The molecule has 1 aliphatic rings. The highest BCUT2D eigenvalue weighted by Crippen LogP contribution is 2.29. The second-order valence-electron chi connectivity index (χ2n) is 6.15. The van der Waals surface area contributed by atoms with Crippen molar-refractivity contribution < 1.29 is 9.53 Å². The van der Waals surface area contributed by atoms with Crippen LogP contribution in [0.15, 0.2) is 12.3 Å². The Morgan fingerprint density at radius 1 is 1.53 bits per heavy atom. The maximum Gasteiger partial charge on any atom is 0.410 e. The smallest absolute Gasteiger partial charge is 0.410 e. The Morgan fingerprint density at radius 2 is 2.21 bits per heavy atom. The van der Waals surface area contributed by atoms with E-state index in [2.05, 4.69) is 5.10 Å². The quantitative estimate of drug-likeness (QED) is 0.829. The van der Waals surface area contributed by atoms with E-state index in [1.165, 1.54) is 0 Å². The molecule has 0 aliphatic carbocycles. The maximum atomic E-state index is 12.0. The topological polar surface area (TPSA) is 73.4 Å². The highest BCUT2D eigenvalue weighted by Gasteiger charge is 2.41. The van der Waals surface area contributed by atoms with Crippen molar-refractivity contribution in [3.63, 3.8) is 0 Å². The number of hydrogen-bond donors (Lipinski definition) is 1. The third-order valence-electron chi connectivity index (χ3n) is 3.28. The summed E-state index contributed by atoms with van der Waals surface area (Å²) in [7, 11) is 1.86. The van der Waals surface area contributed by atoms with Gasteiger partial charge in [-0.05, 0) is 33.3 Å². The van der Waals surface area contributed by atoms with Gasteiger partial charge in [-0.25, -0.2) is 4.79 Å². The number of likely N-dealkylation sites (tertiary alicyclic amines) is 1. The van der Waals surface area contributed by atoms with Gasteiger partial charge in [-0.3, -0.25) is 4.68 Å². The predicted molar refractivity (Wildman–Crippen MR) is 71.5 cm³/mol. The van der Waals surface area contributed by atoms with E-state index in [1.54, 1.807) is 15.8 Å². The number of nitrogens with zero attached hydrogens (tertiary/aromatic N) is 3. The lowest BCUT2D eigenvalue weighted by molar-refractivity contribution is 0.0283. The van der Waals surface area contributed by atoms with Gasteiger partial charge in [-0.15, -0.1) is 0 Å². The van der Waals surface area contributed by atoms with E-state index in [0.717, 1.165) is 5.69 Å². The molecule has 1 atom stereocenters. The minimum absolute atomic E-state index is 0.304. The van der Waals surface area contributed by atoms with E-state index in [9.17, 15) is 4.79 Å². The SMILES string of the molecule is Cn1nccc1C1(N)CCN(C(=O)OC(C)(C)C)C1. The number of rotatable bonds is 1. The van der Waals surface area contributed by atoms with Crippen molar-refractivity contribution in [1.82, 2.24) is 14.7 Å². The van der Waals surface area contributed by atoms with Crippen LogP contribution >= 0.6 is 0 Å². The number of carbonyl (C=O) groups excluding carboxylic acids is 1. The van der Waals surface area contributed by atoms with Crippen LogP contribution in [0.5, 0.6) is 0 Å². The summed E-state index contributed by atoms with van der Waals surface area (Å²) < 4.78 is 7.13. The van der Waals surface area contributed by atoms with Crippen LogP contribution in [-0.2, 0) is 17.3 Å². The van der Waals surface area contributed by atoms with Crippen LogP contribution in [0.25, 0.3) is 0 Å². The van der Waals surface area contributed by atoms with Crippen LogP contribution in [0.4, 0.5) is 4.79 Å². The molecule has 1 unspecified atom stereocenters. The van der Waals surface area contributed by atoms with Crippen LogP contribution < -0.4 is 5.73 Å². The number of amides is 1. The van der Waals surface area contributed by atoms with Crippen molar-refractivity contribution in [3.05, 3.63) is 18.0 Å². The molecule has 0 bridgehead atoms. The summed E-state index contributed by atoms with van der Waals surface area (Å²) in [4.78, 5) is 13.7. The van der Waals surface area contributed by atoms with E-state index < -0.39 is 11.1 Å². The molecule has 1 aliphatic heterocycles. The summed E-state index contributed by atoms with van der Waals surface area (Å²) in [6.07, 6.45) is 2.13. The molecule has 1 saturated heterocycles. The molecule has 0 radical (unpaired) electrons. The Morgan fingerprint density at radius 3 is 2.74 bits per heavy atom. The van der Waals surface area contributed by atoms with Gasteiger partial charge in [0.1, 0.15) is 5.60 Å². The monoisotopic (exact) mass is 266 g/mol. The summed E-state index contributed by atoms with van der Waals surface area (Å²) >= 11 is 0. The van der Waals surface area contributed by atoms with Crippen LogP contribution in [-0.4, -0.2) is 39.5 Å². The Hall–Kier alpha value is -1.56. The number of ether oxygens (including phenoxy) is 1. The molecular formula is C13H22N4O2. The molecule has 6 nitrogen and oxygen atoms in total. The molecule has 19 heavy (non-hydrogen) atoms. The molecule has 0 aromatic carbocycles. The van der Waals surface area contributed by atoms with E-state index in [-0.39, 0.29) is 6.09 Å². The van der Waals surface area contributed by atoms with E-state index >= 15 is 0 Å². The first-order valence-corrected chi connectivity index (χ1v) is 6.47. The lowest BCUT2D eigenvalue weighted by Gasteiger charge is -2.27. The van der Waals surface area contributed by atoms with Gasteiger partial charge >= 0.3 is 6.09 Å². The summed E-state index contributed by atoms with van der Waals surface area (Å²) in [5.41, 5.74) is 6.33. The Kier molecular flexibility index (Phi) is 3.30. The molecule has 6 heteroatoms. The molecule has 0 spiro atoms. The van der Waals surface area contributed by atoms with Gasteiger partial charge in [-0.1, -0.05) is 0 Å². The van der Waals surface area contributed by atoms with Gasteiger partial charge in [0.05, 0.1) is 11.2 Å². The second-order valence-corrected chi connectivity index (χ2v) is 6.15. The third kappa shape index (κ3) is 2.89. The molecule has 2 rings (SSSR count). The van der Waals surface area contributed by atoms with Gasteiger partial charge in [0.15, 0.2) is 0 Å². The van der Waals surface area contributed by atoms with Crippen LogP contribution in [0.2, 0.25) is 0 Å². The van der Waals surface area contributed by atoms with Crippen molar-refractivity contribution in [2.45, 2.75) is 38.3 Å². The van der Waals surface area contributed by atoms with Crippen molar-refractivity contribution in [1.29, 1.82) is 0 Å². The van der Waals surface area contributed by atoms with Gasteiger partial charge in [0.2, 0.25) is 0 Å². The van der Waals surface area contributed by atoms with E-state index in [0.29, 0.717) is 19.5 Å². The fourth-order valence-corrected chi connectivity index (χ4v) is 2.39. The Balaban J connectivity index is 2.08. The molecular weight excluding hydrogens is 244 g/mol. The number of carbonyl (C=O) groups is 1. The van der Waals surface area contributed by atoms with Gasteiger partial charge in [-0.2, -0.15) is 5.10 Å². The zero-order valence-electron chi connectivity index (χ0n) is 12.0. The average molecular weight is 266 g/mol. The van der Waals surface area contributed by atoms with Gasteiger partial charge in [0, 0.05) is 26.3 Å². The maximum absolute atomic E-state index is 12.0. The fraction of sp³-hybridized carbons (Fsp3) is 0.692. The second kappa shape index (κ2) is 4.52. The largest absolute Gasteiger partial charge is 0.444 e. The van der Waals surface area contributed by atoms with E-state index in [4.69, 9.17) is 10.5 Å². The van der Waals surface area contributed by atoms with Crippen LogP contribution in [0.1, 0.15) is 32.9 Å².